The molecule has 16 heavy (non-hydrogen) atoms. The smallest absolute Gasteiger partial charge is 0.312 e. The maximum atomic E-state index is 10.6. The van der Waals surface area contributed by atoms with E-state index >= 15 is 0 Å². The van der Waals surface area contributed by atoms with Gasteiger partial charge in [0.2, 0.25) is 0 Å². The van der Waals surface area contributed by atoms with Crippen molar-refractivity contribution in [2.75, 3.05) is 19.6 Å². The van der Waals surface area contributed by atoms with Gasteiger partial charge in [0.25, 0.3) is 0 Å². The van der Waals surface area contributed by atoms with Crippen LogP contribution < -0.4 is 5.32 Å². The van der Waals surface area contributed by atoms with Crippen LogP contribution in [0.3, 0.4) is 0 Å². The molecule has 0 spiro atoms. The molecule has 0 saturated carbocycles. The SMILES string of the molecule is C[C@H]1CN(Cc2ccc([N+](=O)[O-])s2)CCN1. The van der Waals surface area contributed by atoms with Gasteiger partial charge >= 0.3 is 5.00 Å². The van der Waals surface area contributed by atoms with Gasteiger partial charge in [0.15, 0.2) is 0 Å². The van der Waals surface area contributed by atoms with E-state index in [9.17, 15) is 10.1 Å². The normalized spacial score (nSPS) is 22.2. The first-order valence-corrected chi connectivity index (χ1v) is 6.15. The third-order valence-corrected chi connectivity index (χ3v) is 3.68. The Morgan fingerprint density at radius 2 is 2.50 bits per heavy atom. The number of hydrogen-bond donors (Lipinski definition) is 1. The zero-order chi connectivity index (χ0) is 11.5. The molecule has 0 aromatic carbocycles. The second kappa shape index (κ2) is 4.90. The van der Waals surface area contributed by atoms with Crippen molar-refractivity contribution in [1.82, 2.24) is 10.2 Å². The number of thiophene rings is 1. The van der Waals surface area contributed by atoms with Crippen LogP contribution >= 0.6 is 11.3 Å². The molecule has 0 amide bonds. The standard InChI is InChI=1S/C10H15N3O2S/c1-8-6-12(5-4-11-8)7-9-2-3-10(16-9)13(14)15/h2-3,8,11H,4-7H2,1H3/t8-/m0/s1. The van der Waals surface area contributed by atoms with Crippen molar-refractivity contribution < 1.29 is 4.92 Å². The first-order chi connectivity index (χ1) is 7.65. The molecule has 1 aromatic heterocycles. The zero-order valence-corrected chi connectivity index (χ0v) is 10.00. The van der Waals surface area contributed by atoms with Gasteiger partial charge in [-0.25, -0.2) is 0 Å². The molecule has 1 N–H and O–H groups in total. The summed E-state index contributed by atoms with van der Waals surface area (Å²) in [4.78, 5) is 13.6. The molecule has 5 nitrogen and oxygen atoms in total. The summed E-state index contributed by atoms with van der Waals surface area (Å²) in [6.07, 6.45) is 0. The number of nitrogens with zero attached hydrogens (tertiary/aromatic N) is 2. The van der Waals surface area contributed by atoms with Crippen molar-refractivity contribution >= 4 is 16.3 Å². The fourth-order valence-electron chi connectivity index (χ4n) is 1.93. The minimum absolute atomic E-state index is 0.234. The summed E-state index contributed by atoms with van der Waals surface area (Å²) in [5, 5.41) is 14.2. The molecule has 2 rings (SSSR count). The van der Waals surface area contributed by atoms with Gasteiger partial charge in [0.05, 0.1) is 4.92 Å². The highest BCUT2D eigenvalue weighted by Crippen LogP contribution is 2.25. The Bertz CT molecular complexity index is 380. The van der Waals surface area contributed by atoms with E-state index in [0.717, 1.165) is 31.1 Å². The molecule has 0 aliphatic carbocycles. The summed E-state index contributed by atoms with van der Waals surface area (Å²) in [7, 11) is 0. The van der Waals surface area contributed by atoms with Crippen LogP contribution in [0.4, 0.5) is 5.00 Å². The van der Waals surface area contributed by atoms with Crippen molar-refractivity contribution in [2.24, 2.45) is 0 Å². The molecular formula is C10H15N3O2S. The zero-order valence-electron chi connectivity index (χ0n) is 9.18. The van der Waals surface area contributed by atoms with Gasteiger partial charge in [0.1, 0.15) is 0 Å². The molecule has 1 fully saturated rings. The average Bonchev–Trinajstić information content (AvgIpc) is 2.66. The van der Waals surface area contributed by atoms with Crippen LogP contribution in [0.5, 0.6) is 0 Å². The van der Waals surface area contributed by atoms with Crippen LogP contribution in [-0.2, 0) is 6.54 Å². The van der Waals surface area contributed by atoms with E-state index in [1.165, 1.54) is 11.3 Å². The lowest BCUT2D eigenvalue weighted by molar-refractivity contribution is -0.380. The highest BCUT2D eigenvalue weighted by molar-refractivity contribution is 7.15. The lowest BCUT2D eigenvalue weighted by Crippen LogP contribution is -2.48. The third kappa shape index (κ3) is 2.78. The monoisotopic (exact) mass is 241 g/mol. The van der Waals surface area contributed by atoms with Crippen molar-refractivity contribution in [3.8, 4) is 0 Å². The quantitative estimate of drug-likeness (QED) is 0.643. The Morgan fingerprint density at radius 3 is 3.12 bits per heavy atom. The van der Waals surface area contributed by atoms with Gasteiger partial charge in [-0.1, -0.05) is 11.3 Å². The average molecular weight is 241 g/mol. The third-order valence-electron chi connectivity index (χ3n) is 2.66. The summed E-state index contributed by atoms with van der Waals surface area (Å²) < 4.78 is 0. The van der Waals surface area contributed by atoms with Crippen molar-refractivity contribution in [3.63, 3.8) is 0 Å². The molecular weight excluding hydrogens is 226 g/mol. The molecule has 1 atom stereocenters. The van der Waals surface area contributed by atoms with Gasteiger partial charge in [0, 0.05) is 43.2 Å². The lowest BCUT2D eigenvalue weighted by Gasteiger charge is -2.31. The second-order valence-electron chi connectivity index (χ2n) is 4.09. The summed E-state index contributed by atoms with van der Waals surface area (Å²) in [5.41, 5.74) is 0. The van der Waals surface area contributed by atoms with Crippen LogP contribution in [0, 0.1) is 10.1 Å². The van der Waals surface area contributed by atoms with Gasteiger partial charge in [-0.3, -0.25) is 15.0 Å². The molecule has 1 saturated heterocycles. The van der Waals surface area contributed by atoms with Crippen LogP contribution in [0.25, 0.3) is 0 Å². The predicted octanol–water partition coefficient (Wildman–Crippen LogP) is 1.45. The largest absolute Gasteiger partial charge is 0.324 e. The second-order valence-corrected chi connectivity index (χ2v) is 5.23. The summed E-state index contributed by atoms with van der Waals surface area (Å²) >= 11 is 1.27. The number of piperazine rings is 1. The molecule has 2 heterocycles. The first kappa shape index (κ1) is 11.5. The Morgan fingerprint density at radius 1 is 1.69 bits per heavy atom. The molecule has 88 valence electrons. The van der Waals surface area contributed by atoms with Crippen molar-refractivity contribution in [2.45, 2.75) is 19.5 Å². The molecule has 1 aliphatic rings. The number of rotatable bonds is 3. The summed E-state index contributed by atoms with van der Waals surface area (Å²) in [6.45, 7) is 5.99. The summed E-state index contributed by atoms with van der Waals surface area (Å²) in [6, 6.07) is 3.95. The Balaban J connectivity index is 1.95. The molecule has 0 radical (unpaired) electrons. The van der Waals surface area contributed by atoms with E-state index < -0.39 is 0 Å². The number of hydrogen-bond acceptors (Lipinski definition) is 5. The van der Waals surface area contributed by atoms with E-state index in [0.29, 0.717) is 6.04 Å². The van der Waals surface area contributed by atoms with Gasteiger partial charge in [-0.05, 0) is 13.0 Å². The molecule has 0 unspecified atom stereocenters. The first-order valence-electron chi connectivity index (χ1n) is 5.34. The van der Waals surface area contributed by atoms with Crippen LogP contribution in [0.2, 0.25) is 0 Å². The Hall–Kier alpha value is -0.980. The predicted molar refractivity (Wildman–Crippen MR) is 63.7 cm³/mol. The summed E-state index contributed by atoms with van der Waals surface area (Å²) in [5.74, 6) is 0. The van der Waals surface area contributed by atoms with Crippen molar-refractivity contribution in [3.05, 3.63) is 27.1 Å². The number of nitrogens with one attached hydrogen (secondary N) is 1. The van der Waals surface area contributed by atoms with Crippen LogP contribution in [0.1, 0.15) is 11.8 Å². The Labute approximate surface area is 98.2 Å². The maximum absolute atomic E-state index is 10.6. The van der Waals surface area contributed by atoms with E-state index in [2.05, 4.69) is 17.1 Å². The fourth-order valence-corrected chi connectivity index (χ4v) is 2.79. The molecule has 6 heteroatoms. The van der Waals surface area contributed by atoms with E-state index in [4.69, 9.17) is 0 Å². The van der Waals surface area contributed by atoms with E-state index in [1.54, 1.807) is 6.07 Å². The van der Waals surface area contributed by atoms with Crippen LogP contribution in [0.15, 0.2) is 12.1 Å². The minimum atomic E-state index is -0.325. The fraction of sp³-hybridized carbons (Fsp3) is 0.600. The van der Waals surface area contributed by atoms with E-state index in [-0.39, 0.29) is 9.92 Å². The van der Waals surface area contributed by atoms with Gasteiger partial charge in [-0.15, -0.1) is 0 Å². The maximum Gasteiger partial charge on any atom is 0.324 e. The molecule has 0 bridgehead atoms. The molecule has 1 aliphatic heterocycles. The Kier molecular flexibility index (Phi) is 3.52. The topological polar surface area (TPSA) is 58.4 Å². The number of nitro groups is 1. The molecule has 1 aromatic rings. The van der Waals surface area contributed by atoms with Crippen molar-refractivity contribution in [1.29, 1.82) is 0 Å². The highest BCUT2D eigenvalue weighted by Gasteiger charge is 2.17. The van der Waals surface area contributed by atoms with E-state index in [1.807, 2.05) is 6.07 Å². The highest BCUT2D eigenvalue weighted by atomic mass is 32.1. The van der Waals surface area contributed by atoms with Gasteiger partial charge < -0.3 is 5.32 Å². The lowest BCUT2D eigenvalue weighted by atomic mass is 10.2. The van der Waals surface area contributed by atoms with Crippen LogP contribution in [-0.4, -0.2) is 35.5 Å². The minimum Gasteiger partial charge on any atom is -0.312 e. The van der Waals surface area contributed by atoms with Gasteiger partial charge in [-0.2, -0.15) is 0 Å².